The zero-order valence-electron chi connectivity index (χ0n) is 8.22. The maximum atomic E-state index is 11.9. The highest BCUT2D eigenvalue weighted by molar-refractivity contribution is 5.86. The van der Waals surface area contributed by atoms with Gasteiger partial charge in [0.15, 0.2) is 0 Å². The monoisotopic (exact) mass is 178 g/mol. The average molecular weight is 178 g/mol. The van der Waals surface area contributed by atoms with Crippen molar-refractivity contribution < 1.29 is 4.79 Å². The first-order valence-electron chi connectivity index (χ1n) is 5.44. The Balaban J connectivity index is 2.25. The van der Waals surface area contributed by atoms with Gasteiger partial charge in [-0.05, 0) is 38.0 Å². The molecule has 0 saturated heterocycles. The Morgan fingerprint density at radius 2 is 2.23 bits per heavy atom. The number of carbonyl (C=O) groups is 1. The molecule has 1 nitrogen and oxygen atoms in total. The molecule has 13 heavy (non-hydrogen) atoms. The summed E-state index contributed by atoms with van der Waals surface area (Å²) in [4.78, 5) is 11.9. The Morgan fingerprint density at radius 3 is 3.00 bits per heavy atom. The third kappa shape index (κ3) is 1.25. The standard InChI is InChI=1S/C12H18O/c1-2-8-12-9-4-6-10(12)5-3-7-11(12)13/h2,10H,1,3-9H2. The first kappa shape index (κ1) is 8.98. The molecule has 0 heterocycles. The largest absolute Gasteiger partial charge is 0.299 e. The summed E-state index contributed by atoms with van der Waals surface area (Å²) in [5, 5.41) is 0. The van der Waals surface area contributed by atoms with E-state index in [1.165, 1.54) is 19.3 Å². The van der Waals surface area contributed by atoms with E-state index in [-0.39, 0.29) is 5.41 Å². The van der Waals surface area contributed by atoms with E-state index in [9.17, 15) is 4.79 Å². The molecule has 0 aromatic heterocycles. The molecule has 2 saturated carbocycles. The molecule has 2 aliphatic rings. The van der Waals surface area contributed by atoms with Gasteiger partial charge >= 0.3 is 0 Å². The lowest BCUT2D eigenvalue weighted by atomic mass is 9.65. The molecule has 2 fully saturated rings. The van der Waals surface area contributed by atoms with E-state index in [0.717, 1.165) is 25.7 Å². The molecule has 0 aromatic rings. The zero-order chi connectivity index (χ0) is 9.31. The fourth-order valence-electron chi connectivity index (χ4n) is 3.33. The van der Waals surface area contributed by atoms with Crippen molar-refractivity contribution >= 4 is 5.78 Å². The van der Waals surface area contributed by atoms with Crippen LogP contribution in [0.15, 0.2) is 12.7 Å². The highest BCUT2D eigenvalue weighted by Crippen LogP contribution is 2.52. The minimum absolute atomic E-state index is 0.0417. The molecule has 0 spiro atoms. The van der Waals surface area contributed by atoms with Crippen LogP contribution in [0.1, 0.15) is 44.9 Å². The van der Waals surface area contributed by atoms with E-state index in [1.807, 2.05) is 6.08 Å². The van der Waals surface area contributed by atoms with Crippen LogP contribution in [0.3, 0.4) is 0 Å². The first-order chi connectivity index (χ1) is 6.29. The lowest BCUT2D eigenvalue weighted by molar-refractivity contribution is -0.133. The number of Topliss-reactive ketones (excluding diaryl/α,β-unsaturated/α-hetero) is 1. The first-order valence-corrected chi connectivity index (χ1v) is 5.44. The third-order valence-corrected chi connectivity index (χ3v) is 3.98. The van der Waals surface area contributed by atoms with Gasteiger partial charge in [-0.2, -0.15) is 0 Å². The molecule has 0 aliphatic heterocycles. The van der Waals surface area contributed by atoms with E-state index in [1.54, 1.807) is 0 Å². The van der Waals surface area contributed by atoms with Crippen LogP contribution in [0.2, 0.25) is 0 Å². The lowest BCUT2D eigenvalue weighted by Crippen LogP contribution is -2.37. The van der Waals surface area contributed by atoms with Crippen LogP contribution in [0.5, 0.6) is 0 Å². The van der Waals surface area contributed by atoms with Gasteiger partial charge in [0.25, 0.3) is 0 Å². The Morgan fingerprint density at radius 1 is 1.46 bits per heavy atom. The van der Waals surface area contributed by atoms with Gasteiger partial charge in [0.2, 0.25) is 0 Å². The number of fused-ring (bicyclic) bond motifs is 1. The Kier molecular flexibility index (Phi) is 2.27. The van der Waals surface area contributed by atoms with Gasteiger partial charge in [0.1, 0.15) is 5.78 Å². The van der Waals surface area contributed by atoms with Gasteiger partial charge in [0, 0.05) is 11.8 Å². The normalized spacial score (nSPS) is 38.8. The van der Waals surface area contributed by atoms with Crippen molar-refractivity contribution in [2.75, 3.05) is 0 Å². The number of rotatable bonds is 2. The van der Waals surface area contributed by atoms with Gasteiger partial charge in [-0.25, -0.2) is 0 Å². The molecule has 2 unspecified atom stereocenters. The predicted molar refractivity (Wildman–Crippen MR) is 53.4 cm³/mol. The molecule has 0 amide bonds. The van der Waals surface area contributed by atoms with Crippen LogP contribution in [0.25, 0.3) is 0 Å². The van der Waals surface area contributed by atoms with E-state index >= 15 is 0 Å². The third-order valence-electron chi connectivity index (χ3n) is 3.98. The van der Waals surface area contributed by atoms with Crippen LogP contribution in [-0.4, -0.2) is 5.78 Å². The van der Waals surface area contributed by atoms with E-state index in [0.29, 0.717) is 11.7 Å². The summed E-state index contributed by atoms with van der Waals surface area (Å²) in [7, 11) is 0. The molecule has 1 heteroatoms. The Labute approximate surface area is 80.2 Å². The van der Waals surface area contributed by atoms with Crippen molar-refractivity contribution in [3.8, 4) is 0 Å². The lowest BCUT2D eigenvalue weighted by Gasteiger charge is -2.37. The summed E-state index contributed by atoms with van der Waals surface area (Å²) in [5.41, 5.74) is 0.0417. The highest BCUT2D eigenvalue weighted by atomic mass is 16.1. The van der Waals surface area contributed by atoms with Gasteiger partial charge in [-0.1, -0.05) is 12.5 Å². The summed E-state index contributed by atoms with van der Waals surface area (Å²) in [6.45, 7) is 3.79. The number of hydrogen-bond acceptors (Lipinski definition) is 1. The predicted octanol–water partition coefficient (Wildman–Crippen LogP) is 3.10. The zero-order valence-corrected chi connectivity index (χ0v) is 8.22. The van der Waals surface area contributed by atoms with Crippen molar-refractivity contribution in [3.63, 3.8) is 0 Å². The highest BCUT2D eigenvalue weighted by Gasteiger charge is 2.48. The minimum atomic E-state index is 0.0417. The second-order valence-corrected chi connectivity index (χ2v) is 4.55. The molecule has 0 bridgehead atoms. The number of hydrogen-bond donors (Lipinski definition) is 0. The number of allylic oxidation sites excluding steroid dienone is 1. The topological polar surface area (TPSA) is 17.1 Å². The van der Waals surface area contributed by atoms with Crippen LogP contribution < -0.4 is 0 Å². The smallest absolute Gasteiger partial charge is 0.139 e. The van der Waals surface area contributed by atoms with Crippen molar-refractivity contribution in [2.24, 2.45) is 11.3 Å². The molecule has 0 radical (unpaired) electrons. The minimum Gasteiger partial charge on any atom is -0.299 e. The van der Waals surface area contributed by atoms with Gasteiger partial charge < -0.3 is 0 Å². The van der Waals surface area contributed by atoms with Crippen LogP contribution in [-0.2, 0) is 4.79 Å². The quantitative estimate of drug-likeness (QED) is 0.594. The van der Waals surface area contributed by atoms with Crippen LogP contribution in [0, 0.1) is 11.3 Å². The van der Waals surface area contributed by atoms with Crippen molar-refractivity contribution in [1.82, 2.24) is 0 Å². The van der Waals surface area contributed by atoms with Crippen molar-refractivity contribution in [2.45, 2.75) is 44.9 Å². The summed E-state index contributed by atoms with van der Waals surface area (Å²) in [6.07, 6.45) is 9.76. The molecule has 2 rings (SSSR count). The van der Waals surface area contributed by atoms with E-state index in [4.69, 9.17) is 0 Å². The summed E-state index contributed by atoms with van der Waals surface area (Å²) < 4.78 is 0. The molecule has 72 valence electrons. The molecule has 2 aliphatic carbocycles. The van der Waals surface area contributed by atoms with Crippen LogP contribution >= 0.6 is 0 Å². The second-order valence-electron chi connectivity index (χ2n) is 4.55. The molecular formula is C12H18O. The van der Waals surface area contributed by atoms with Crippen molar-refractivity contribution in [1.29, 1.82) is 0 Å². The SMILES string of the molecule is C=CCC12CCCC1CCCC2=O. The Bertz CT molecular complexity index is 231. The molecular weight excluding hydrogens is 160 g/mol. The molecule has 0 aromatic carbocycles. The molecule has 0 N–H and O–H groups in total. The maximum Gasteiger partial charge on any atom is 0.139 e. The summed E-state index contributed by atoms with van der Waals surface area (Å²) >= 11 is 0. The Hall–Kier alpha value is -0.590. The fourth-order valence-corrected chi connectivity index (χ4v) is 3.33. The second kappa shape index (κ2) is 3.28. The van der Waals surface area contributed by atoms with Gasteiger partial charge in [0.05, 0.1) is 0 Å². The fraction of sp³-hybridized carbons (Fsp3) is 0.750. The summed E-state index contributed by atoms with van der Waals surface area (Å²) in [5.74, 6) is 1.22. The number of carbonyl (C=O) groups excluding carboxylic acids is 1. The van der Waals surface area contributed by atoms with Crippen molar-refractivity contribution in [3.05, 3.63) is 12.7 Å². The van der Waals surface area contributed by atoms with Gasteiger partial charge in [-0.15, -0.1) is 6.58 Å². The molecule has 2 atom stereocenters. The van der Waals surface area contributed by atoms with E-state index in [2.05, 4.69) is 6.58 Å². The number of ketones is 1. The van der Waals surface area contributed by atoms with Gasteiger partial charge in [-0.3, -0.25) is 4.79 Å². The van der Waals surface area contributed by atoms with E-state index < -0.39 is 0 Å². The average Bonchev–Trinajstić information content (AvgIpc) is 2.51. The van der Waals surface area contributed by atoms with Crippen LogP contribution in [0.4, 0.5) is 0 Å². The summed E-state index contributed by atoms with van der Waals surface area (Å²) in [6, 6.07) is 0. The maximum absolute atomic E-state index is 11.9.